The number of ether oxygens (including phenoxy) is 1. The van der Waals surface area contributed by atoms with Crippen LogP contribution in [0, 0.1) is 17.6 Å². The van der Waals surface area contributed by atoms with E-state index in [1.54, 1.807) is 29.1 Å². The average molecular weight is 746 g/mol. The van der Waals surface area contributed by atoms with E-state index in [2.05, 4.69) is 20.2 Å². The fourth-order valence-corrected chi connectivity index (χ4v) is 7.40. The molecule has 2 saturated heterocycles. The summed E-state index contributed by atoms with van der Waals surface area (Å²) in [5, 5.41) is 2.66. The monoisotopic (exact) mass is 745 g/mol. The lowest BCUT2D eigenvalue weighted by Gasteiger charge is -2.32. The summed E-state index contributed by atoms with van der Waals surface area (Å²) in [6.45, 7) is 4.58. The second-order valence-corrected chi connectivity index (χ2v) is 14.5. The van der Waals surface area contributed by atoms with E-state index in [1.807, 2.05) is 29.2 Å². The largest absolute Gasteiger partial charge is 0.383 e. The Kier molecular flexibility index (Phi) is 10.2. The van der Waals surface area contributed by atoms with E-state index in [4.69, 9.17) is 10.5 Å². The summed E-state index contributed by atoms with van der Waals surface area (Å²) < 4.78 is 36.6. The maximum atomic E-state index is 15.8. The molecule has 0 radical (unpaired) electrons. The molecule has 3 aromatic heterocycles. The average Bonchev–Trinajstić information content (AvgIpc) is 3.90. The number of likely N-dealkylation sites (tertiary alicyclic amines) is 1. The first-order valence-electron chi connectivity index (χ1n) is 18.6. The van der Waals surface area contributed by atoms with Crippen LogP contribution in [0.15, 0.2) is 90.2 Å². The fraction of sp³-hybridized carbons (Fsp3) is 0.310. The van der Waals surface area contributed by atoms with Crippen molar-refractivity contribution < 1.29 is 23.1 Å². The third kappa shape index (κ3) is 8.03. The molecule has 3 aliphatic rings. The predicted octanol–water partition coefficient (Wildman–Crippen LogP) is 5.99. The molecule has 1 aliphatic carbocycles. The van der Waals surface area contributed by atoms with Crippen molar-refractivity contribution in [1.29, 1.82) is 0 Å². The summed E-state index contributed by atoms with van der Waals surface area (Å²) in [6, 6.07) is 16.5. The smallest absolute Gasteiger partial charge is 0.261 e. The maximum Gasteiger partial charge on any atom is 0.261 e. The quantitative estimate of drug-likeness (QED) is 0.178. The van der Waals surface area contributed by atoms with E-state index in [1.165, 1.54) is 30.5 Å². The van der Waals surface area contributed by atoms with Gasteiger partial charge in [-0.3, -0.25) is 24.3 Å². The summed E-state index contributed by atoms with van der Waals surface area (Å²) >= 11 is 0. The lowest BCUT2D eigenvalue weighted by Crippen LogP contribution is -2.49. The van der Waals surface area contributed by atoms with Crippen molar-refractivity contribution in [2.45, 2.75) is 44.8 Å². The highest BCUT2D eigenvalue weighted by Gasteiger charge is 2.34. The Labute approximate surface area is 316 Å². The molecule has 11 nitrogen and oxygen atoms in total. The van der Waals surface area contributed by atoms with Crippen LogP contribution in [0.3, 0.4) is 0 Å². The van der Waals surface area contributed by atoms with Gasteiger partial charge in [-0.1, -0.05) is 24.3 Å². The topological polar surface area (TPSA) is 136 Å². The number of rotatable bonds is 10. The molecular weight excluding hydrogens is 705 g/mol. The van der Waals surface area contributed by atoms with E-state index in [9.17, 15) is 18.8 Å². The van der Waals surface area contributed by atoms with Gasteiger partial charge in [0, 0.05) is 67.1 Å². The summed E-state index contributed by atoms with van der Waals surface area (Å²) in [7, 11) is 0. The third-order valence-corrected chi connectivity index (χ3v) is 10.6. The maximum absolute atomic E-state index is 15.8. The number of carbonyl (C=O) groups is 2. The molecular formula is C42H41F2N7O4. The molecule has 2 aromatic carbocycles. The van der Waals surface area contributed by atoms with Gasteiger partial charge >= 0.3 is 0 Å². The molecule has 0 spiro atoms. The van der Waals surface area contributed by atoms with Gasteiger partial charge in [0.1, 0.15) is 23.0 Å². The highest BCUT2D eigenvalue weighted by atomic mass is 19.1. The first-order valence-corrected chi connectivity index (χ1v) is 18.6. The highest BCUT2D eigenvalue weighted by molar-refractivity contribution is 6.04. The van der Waals surface area contributed by atoms with E-state index in [-0.39, 0.29) is 45.8 Å². The molecule has 2 amide bonds. The second-order valence-electron chi connectivity index (χ2n) is 14.5. The Hall–Kier alpha value is -5.79. The summed E-state index contributed by atoms with van der Waals surface area (Å²) in [4.78, 5) is 52.8. The Morgan fingerprint density at radius 2 is 1.65 bits per heavy atom. The van der Waals surface area contributed by atoms with Gasteiger partial charge in [0.05, 0.1) is 36.7 Å². The number of nitrogens with one attached hydrogen (secondary N) is 1. The molecule has 3 N–H and O–H groups in total. The van der Waals surface area contributed by atoms with Crippen LogP contribution >= 0.6 is 0 Å². The van der Waals surface area contributed by atoms with Crippen molar-refractivity contribution in [3.63, 3.8) is 0 Å². The molecule has 0 bridgehead atoms. The number of nitrogens with zero attached hydrogens (tertiary/aromatic N) is 5. The van der Waals surface area contributed by atoms with Gasteiger partial charge in [-0.15, -0.1) is 0 Å². The molecule has 2 aliphatic heterocycles. The number of nitrogens with two attached hydrogens (primary N) is 1. The molecule has 5 heterocycles. The van der Waals surface area contributed by atoms with Crippen molar-refractivity contribution >= 4 is 23.3 Å². The van der Waals surface area contributed by atoms with Gasteiger partial charge in [-0.2, -0.15) is 0 Å². The van der Waals surface area contributed by atoms with Gasteiger partial charge in [0.15, 0.2) is 0 Å². The number of carbonyl (C=O) groups excluding carboxylic acids is 2. The van der Waals surface area contributed by atoms with Crippen molar-refractivity contribution in [1.82, 2.24) is 24.3 Å². The first kappa shape index (κ1) is 36.2. The minimum absolute atomic E-state index is 0.124. The number of benzene rings is 2. The zero-order valence-corrected chi connectivity index (χ0v) is 30.2. The standard InChI is InChI=1S/C42H41F2N7O4/c43-30-9-12-37(46-21-30)34-24-49(22-26-3-4-26)25-35(39(34)52)41(53)48-31-10-11-32(36(44)19-31)33-18-29(20-47-40(33)45)28-7-5-27(6-8-28)23-51-13-1-2-38(51)42(54)50-14-16-55-17-15-50/h5-12,18-21,24-26,38H,1-4,13-17,22-23H2,(H2,45,47)(H,48,53)/t38-/m0/s1. The number of hydrogen-bond donors (Lipinski definition) is 2. The zero-order chi connectivity index (χ0) is 38.1. The molecule has 5 aromatic rings. The molecule has 55 heavy (non-hydrogen) atoms. The Morgan fingerprint density at radius 1 is 0.855 bits per heavy atom. The number of nitrogen functional groups attached to an aromatic ring is 1. The molecule has 1 saturated carbocycles. The number of aromatic nitrogens is 3. The number of morpholine rings is 1. The van der Waals surface area contributed by atoms with Crippen molar-refractivity contribution in [2.24, 2.45) is 5.92 Å². The molecule has 3 fully saturated rings. The van der Waals surface area contributed by atoms with Gasteiger partial charge in [0.25, 0.3) is 5.91 Å². The van der Waals surface area contributed by atoms with Crippen LogP contribution in [0.2, 0.25) is 0 Å². The van der Waals surface area contributed by atoms with Crippen LogP contribution in [-0.4, -0.2) is 75.0 Å². The predicted molar refractivity (Wildman–Crippen MR) is 205 cm³/mol. The van der Waals surface area contributed by atoms with Crippen LogP contribution in [0.25, 0.3) is 33.5 Å². The zero-order valence-electron chi connectivity index (χ0n) is 30.2. The van der Waals surface area contributed by atoms with E-state index in [0.29, 0.717) is 50.9 Å². The first-order chi connectivity index (χ1) is 26.7. The van der Waals surface area contributed by atoms with Gasteiger partial charge in [-0.05, 0) is 85.7 Å². The summed E-state index contributed by atoms with van der Waals surface area (Å²) in [5.74, 6) is -1.12. The number of amides is 2. The van der Waals surface area contributed by atoms with E-state index in [0.717, 1.165) is 55.1 Å². The number of anilines is 2. The minimum atomic E-state index is -0.707. The molecule has 282 valence electrons. The highest BCUT2D eigenvalue weighted by Crippen LogP contribution is 2.34. The van der Waals surface area contributed by atoms with E-state index >= 15 is 4.39 Å². The normalized spacial score (nSPS) is 17.3. The lowest BCUT2D eigenvalue weighted by atomic mass is 9.99. The Bertz CT molecular complexity index is 2290. The Morgan fingerprint density at radius 3 is 2.38 bits per heavy atom. The number of hydrogen-bond acceptors (Lipinski definition) is 8. The van der Waals surface area contributed by atoms with Crippen LogP contribution in [0.4, 0.5) is 20.3 Å². The van der Waals surface area contributed by atoms with Crippen molar-refractivity contribution in [2.75, 3.05) is 43.9 Å². The second kappa shape index (κ2) is 15.5. The Balaban J connectivity index is 0.978. The number of pyridine rings is 3. The summed E-state index contributed by atoms with van der Waals surface area (Å²) in [6.07, 6.45) is 9.73. The van der Waals surface area contributed by atoms with Crippen LogP contribution in [0.5, 0.6) is 0 Å². The minimum Gasteiger partial charge on any atom is -0.383 e. The van der Waals surface area contributed by atoms with Crippen LogP contribution < -0.4 is 16.5 Å². The third-order valence-electron chi connectivity index (χ3n) is 10.6. The lowest BCUT2D eigenvalue weighted by molar-refractivity contribution is -0.140. The van der Waals surface area contributed by atoms with Crippen LogP contribution in [0.1, 0.15) is 41.6 Å². The van der Waals surface area contributed by atoms with Gasteiger partial charge in [0.2, 0.25) is 11.3 Å². The van der Waals surface area contributed by atoms with Gasteiger partial charge in [-0.25, -0.2) is 13.8 Å². The molecule has 8 rings (SSSR count). The molecule has 13 heteroatoms. The SMILES string of the molecule is Nc1ncc(-c2ccc(CN3CCC[C@H]3C(=O)N3CCOCC3)cc2)cc1-c1ccc(NC(=O)c2cn(CC3CC3)cc(-c3ccc(F)cn3)c2=O)cc1F. The van der Waals surface area contributed by atoms with Crippen LogP contribution in [-0.2, 0) is 22.6 Å². The fourth-order valence-electron chi connectivity index (χ4n) is 7.40. The molecule has 1 atom stereocenters. The summed E-state index contributed by atoms with van der Waals surface area (Å²) in [5.41, 5.74) is 9.40. The van der Waals surface area contributed by atoms with E-state index < -0.39 is 23.0 Å². The van der Waals surface area contributed by atoms with Crippen molar-refractivity contribution in [3.05, 3.63) is 118 Å². The van der Waals surface area contributed by atoms with Gasteiger partial charge < -0.3 is 25.3 Å². The number of halogens is 2. The molecule has 0 unspecified atom stereocenters. The van der Waals surface area contributed by atoms with Crippen molar-refractivity contribution in [3.8, 4) is 33.5 Å².